The summed E-state index contributed by atoms with van der Waals surface area (Å²) >= 11 is 0. The van der Waals surface area contributed by atoms with E-state index in [1.807, 2.05) is 0 Å². The van der Waals surface area contributed by atoms with Gasteiger partial charge in [0.25, 0.3) is 0 Å². The van der Waals surface area contributed by atoms with Crippen LogP contribution in [0.4, 0.5) is 0 Å². The summed E-state index contributed by atoms with van der Waals surface area (Å²) in [5.74, 6) is 1.43. The number of aliphatic hydroxyl groups is 3. The molecule has 0 aliphatic heterocycles. The van der Waals surface area contributed by atoms with Crippen LogP contribution in [0.3, 0.4) is 0 Å². The molecule has 3 N–H and O–H groups in total. The van der Waals surface area contributed by atoms with E-state index >= 15 is 0 Å². The van der Waals surface area contributed by atoms with Gasteiger partial charge in [-0.2, -0.15) is 0 Å². The zero-order chi connectivity index (χ0) is 25.1. The van der Waals surface area contributed by atoms with E-state index in [-0.39, 0.29) is 23.4 Å². The first-order chi connectivity index (χ1) is 15.8. The second-order valence-corrected chi connectivity index (χ2v) is 13.1. The molecule has 0 amide bonds. The lowest BCUT2D eigenvalue weighted by atomic mass is 9.45. The van der Waals surface area contributed by atoms with Gasteiger partial charge in [-0.15, -0.1) is 0 Å². The van der Waals surface area contributed by atoms with Crippen molar-refractivity contribution in [1.82, 2.24) is 0 Å². The number of hydrogen-bond donors (Lipinski definition) is 3. The van der Waals surface area contributed by atoms with Crippen molar-refractivity contribution in [2.45, 2.75) is 130 Å². The van der Waals surface area contributed by atoms with E-state index in [2.05, 4.69) is 34.6 Å². The number of aliphatic hydroxyl groups excluding tert-OH is 2. The predicted molar refractivity (Wildman–Crippen MR) is 133 cm³/mol. The van der Waals surface area contributed by atoms with Crippen LogP contribution in [-0.2, 0) is 9.53 Å². The molecule has 0 aromatic rings. The van der Waals surface area contributed by atoms with E-state index in [4.69, 9.17) is 4.74 Å². The first kappa shape index (κ1) is 26.2. The minimum atomic E-state index is -1.32. The third-order valence-corrected chi connectivity index (χ3v) is 10.6. The molecule has 9 atom stereocenters. The molecule has 0 bridgehead atoms. The highest BCUT2D eigenvalue weighted by Gasteiger charge is 2.67. The molecule has 0 unspecified atom stereocenters. The van der Waals surface area contributed by atoms with Gasteiger partial charge in [0, 0.05) is 12.3 Å². The molecule has 0 aromatic carbocycles. The Labute approximate surface area is 206 Å². The minimum absolute atomic E-state index is 0.104. The van der Waals surface area contributed by atoms with E-state index in [9.17, 15) is 20.1 Å². The van der Waals surface area contributed by atoms with Crippen LogP contribution in [0.15, 0.2) is 11.1 Å². The number of ether oxygens (including phenoxy) is 1. The summed E-state index contributed by atoms with van der Waals surface area (Å²) in [7, 11) is 0. The van der Waals surface area contributed by atoms with Gasteiger partial charge in [-0.05, 0) is 85.2 Å². The van der Waals surface area contributed by atoms with E-state index in [1.165, 1.54) is 19.8 Å². The van der Waals surface area contributed by atoms with Crippen molar-refractivity contribution < 1.29 is 24.9 Å². The van der Waals surface area contributed by atoms with Gasteiger partial charge in [0.1, 0.15) is 11.7 Å². The van der Waals surface area contributed by atoms with E-state index < -0.39 is 23.2 Å². The lowest BCUT2D eigenvalue weighted by molar-refractivity contribution is -0.204. The molecule has 3 saturated carbocycles. The van der Waals surface area contributed by atoms with Crippen LogP contribution in [-0.4, -0.2) is 45.2 Å². The van der Waals surface area contributed by atoms with Crippen LogP contribution >= 0.6 is 0 Å². The first-order valence-electron chi connectivity index (χ1n) is 13.8. The van der Waals surface area contributed by atoms with Crippen molar-refractivity contribution in [2.75, 3.05) is 0 Å². The van der Waals surface area contributed by atoms with Crippen LogP contribution in [0.2, 0.25) is 0 Å². The van der Waals surface area contributed by atoms with Crippen molar-refractivity contribution in [3.63, 3.8) is 0 Å². The normalized spacial score (nSPS) is 44.9. The standard InChI is InChI=1S/C29H48O5/c1-17(2)8-7-9-18(3)23-15-24(31)26-22-11-10-20-14-21(34-19(4)30)12-13-28(20,6)29(22,33)25(32)16-27(23,26)5/h17-18,20-21,23-25,31-33H,7-16H2,1-6H3/t18-,20+,21+,23-,24+,25-,27-,28+,29+/m1/s1. The predicted octanol–water partition coefficient (Wildman–Crippen LogP) is 5.16. The molecule has 4 aliphatic carbocycles. The third kappa shape index (κ3) is 3.98. The number of carbonyl (C=O) groups is 1. The third-order valence-electron chi connectivity index (χ3n) is 10.6. The molecule has 4 rings (SSSR count). The number of rotatable bonds is 6. The molecule has 5 heteroatoms. The topological polar surface area (TPSA) is 87.0 Å². The van der Waals surface area contributed by atoms with Gasteiger partial charge in [-0.1, -0.05) is 53.9 Å². The zero-order valence-electron chi connectivity index (χ0n) is 22.3. The molecule has 0 heterocycles. The van der Waals surface area contributed by atoms with Crippen LogP contribution in [0, 0.1) is 34.5 Å². The fourth-order valence-electron chi connectivity index (χ4n) is 8.88. The van der Waals surface area contributed by atoms with Crippen molar-refractivity contribution in [3.8, 4) is 0 Å². The van der Waals surface area contributed by atoms with Crippen molar-refractivity contribution >= 4 is 5.97 Å². The Balaban J connectivity index is 1.65. The van der Waals surface area contributed by atoms with Crippen LogP contribution in [0.5, 0.6) is 0 Å². The minimum Gasteiger partial charge on any atom is -0.463 e. The van der Waals surface area contributed by atoms with Gasteiger partial charge in [-0.25, -0.2) is 0 Å². The maximum atomic E-state index is 12.4. The fourth-order valence-corrected chi connectivity index (χ4v) is 8.88. The Morgan fingerprint density at radius 2 is 1.82 bits per heavy atom. The highest BCUT2D eigenvalue weighted by molar-refractivity contribution is 5.66. The molecule has 3 fully saturated rings. The average Bonchev–Trinajstić information content (AvgIpc) is 2.99. The van der Waals surface area contributed by atoms with Gasteiger partial charge < -0.3 is 20.1 Å². The molecular weight excluding hydrogens is 428 g/mol. The number of esters is 1. The summed E-state index contributed by atoms with van der Waals surface area (Å²) in [5.41, 5.74) is -0.0879. The quantitative estimate of drug-likeness (QED) is 0.364. The summed E-state index contributed by atoms with van der Waals surface area (Å²) in [5, 5.41) is 35.4. The number of carbonyl (C=O) groups excluding carboxylic acids is 1. The molecule has 5 nitrogen and oxygen atoms in total. The molecule has 0 radical (unpaired) electrons. The van der Waals surface area contributed by atoms with Crippen LogP contribution < -0.4 is 0 Å². The smallest absolute Gasteiger partial charge is 0.302 e. The Morgan fingerprint density at radius 1 is 1.12 bits per heavy atom. The van der Waals surface area contributed by atoms with Gasteiger partial charge in [-0.3, -0.25) is 4.79 Å². The number of hydrogen-bond acceptors (Lipinski definition) is 5. The van der Waals surface area contributed by atoms with Crippen molar-refractivity contribution in [2.24, 2.45) is 34.5 Å². The largest absolute Gasteiger partial charge is 0.463 e. The second-order valence-electron chi connectivity index (χ2n) is 13.1. The molecule has 194 valence electrons. The van der Waals surface area contributed by atoms with Gasteiger partial charge in [0.15, 0.2) is 0 Å². The van der Waals surface area contributed by atoms with E-state index in [0.717, 1.165) is 36.8 Å². The molecule has 0 aromatic heterocycles. The van der Waals surface area contributed by atoms with Crippen LogP contribution in [0.1, 0.15) is 106 Å². The maximum absolute atomic E-state index is 12.4. The summed E-state index contributed by atoms with van der Waals surface area (Å²) in [6.45, 7) is 12.7. The summed E-state index contributed by atoms with van der Waals surface area (Å²) in [6.07, 6.45) is 7.09. The van der Waals surface area contributed by atoms with E-state index in [1.54, 1.807) is 0 Å². The Hall–Kier alpha value is -0.910. The molecule has 0 spiro atoms. The highest BCUT2D eigenvalue weighted by Crippen LogP contribution is 2.67. The van der Waals surface area contributed by atoms with Gasteiger partial charge >= 0.3 is 5.97 Å². The van der Waals surface area contributed by atoms with Gasteiger partial charge in [0.2, 0.25) is 0 Å². The first-order valence-corrected chi connectivity index (χ1v) is 13.8. The van der Waals surface area contributed by atoms with E-state index in [0.29, 0.717) is 43.4 Å². The average molecular weight is 477 g/mol. The number of fused-ring (bicyclic) bond motifs is 4. The van der Waals surface area contributed by atoms with Gasteiger partial charge in [0.05, 0.1) is 12.2 Å². The summed E-state index contributed by atoms with van der Waals surface area (Å²) in [6, 6.07) is 0. The molecule has 0 saturated heterocycles. The van der Waals surface area contributed by atoms with Crippen molar-refractivity contribution in [3.05, 3.63) is 11.1 Å². The zero-order valence-corrected chi connectivity index (χ0v) is 22.3. The summed E-state index contributed by atoms with van der Waals surface area (Å²) < 4.78 is 5.54. The lowest BCUT2D eigenvalue weighted by Crippen LogP contribution is -2.66. The highest BCUT2D eigenvalue weighted by atomic mass is 16.5. The molecule has 34 heavy (non-hydrogen) atoms. The lowest BCUT2D eigenvalue weighted by Gasteiger charge is -2.62. The SMILES string of the molecule is CC(=O)O[C@H]1CC[C@@]2(C)[C@@H](CCC3=C4[C@@H](O)C[C@H]([C@H](C)CCCC(C)C)[C@@]4(C)C[C@@H](O)[C@@]32O)C1. The molecular formula is C29H48O5. The molecule has 4 aliphatic rings. The second kappa shape index (κ2) is 9.19. The Morgan fingerprint density at radius 3 is 2.47 bits per heavy atom. The van der Waals surface area contributed by atoms with Crippen LogP contribution in [0.25, 0.3) is 0 Å². The van der Waals surface area contributed by atoms with Crippen molar-refractivity contribution in [1.29, 1.82) is 0 Å². The Bertz CT molecular complexity index is 819. The monoisotopic (exact) mass is 476 g/mol. The fraction of sp³-hybridized carbons (Fsp3) is 0.897. The Kier molecular flexibility index (Phi) is 7.07. The maximum Gasteiger partial charge on any atom is 0.302 e. The summed E-state index contributed by atoms with van der Waals surface area (Å²) in [4.78, 5) is 11.5.